The molecule has 0 unspecified atom stereocenters. The Morgan fingerprint density at radius 1 is 1.40 bits per heavy atom. The molecule has 1 aliphatic heterocycles. The number of benzene rings is 1. The summed E-state index contributed by atoms with van der Waals surface area (Å²) >= 11 is 0. The Hall–Kier alpha value is -2.44. The molecule has 1 atom stereocenters. The number of amides is 1. The molecule has 0 spiro atoms. The molecule has 1 aromatic carbocycles. The maximum atomic E-state index is 11.0. The smallest absolute Gasteiger partial charge is 0.267 e. The van der Waals surface area contributed by atoms with Crippen molar-refractivity contribution in [2.75, 3.05) is 13.1 Å². The number of nitrogens with one attached hydrogen (secondary N) is 1. The summed E-state index contributed by atoms with van der Waals surface area (Å²) in [6.45, 7) is 2.16. The lowest BCUT2D eigenvalue weighted by Crippen LogP contribution is -2.25. The Kier molecular flexibility index (Phi) is 5.63. The zero-order chi connectivity index (χ0) is 17.6. The van der Waals surface area contributed by atoms with E-state index in [2.05, 4.69) is 28.3 Å². The lowest BCUT2D eigenvalue weighted by Gasteiger charge is -2.24. The third-order valence-electron chi connectivity index (χ3n) is 4.67. The predicted octanol–water partition coefficient (Wildman–Crippen LogP) is 2.32. The zero-order valence-corrected chi connectivity index (χ0v) is 14.4. The van der Waals surface area contributed by atoms with Gasteiger partial charge in [-0.3, -0.25) is 19.6 Å². The van der Waals surface area contributed by atoms with Crippen LogP contribution in [0.3, 0.4) is 0 Å². The van der Waals surface area contributed by atoms with Crippen LogP contribution < -0.4 is 5.48 Å². The van der Waals surface area contributed by atoms with Gasteiger partial charge in [0.05, 0.1) is 6.20 Å². The summed E-state index contributed by atoms with van der Waals surface area (Å²) in [7, 11) is 1.95. The Morgan fingerprint density at radius 2 is 2.20 bits per heavy atom. The van der Waals surface area contributed by atoms with Gasteiger partial charge in [0.1, 0.15) is 0 Å². The molecule has 0 saturated carbocycles. The van der Waals surface area contributed by atoms with Crippen molar-refractivity contribution in [2.45, 2.75) is 25.3 Å². The maximum absolute atomic E-state index is 11.0. The molecule has 2 aromatic rings. The molecule has 1 aromatic heterocycles. The van der Waals surface area contributed by atoms with Crippen LogP contribution in [0.25, 0.3) is 6.08 Å². The first-order chi connectivity index (χ1) is 12.2. The van der Waals surface area contributed by atoms with Crippen LogP contribution in [0.4, 0.5) is 0 Å². The van der Waals surface area contributed by atoms with Gasteiger partial charge in [-0.05, 0) is 48.6 Å². The third kappa shape index (κ3) is 4.55. The fourth-order valence-corrected chi connectivity index (χ4v) is 3.38. The van der Waals surface area contributed by atoms with Crippen LogP contribution >= 0.6 is 0 Å². The molecule has 1 saturated heterocycles. The van der Waals surface area contributed by atoms with Crippen molar-refractivity contribution >= 4 is 12.0 Å². The minimum atomic E-state index is -0.526. The van der Waals surface area contributed by atoms with E-state index >= 15 is 0 Å². The summed E-state index contributed by atoms with van der Waals surface area (Å²) in [6.07, 6.45) is 10.4. The summed E-state index contributed by atoms with van der Waals surface area (Å²) in [6, 6.07) is 8.73. The van der Waals surface area contributed by atoms with Crippen LogP contribution in [0.2, 0.25) is 0 Å². The molecule has 1 amide bonds. The van der Waals surface area contributed by atoms with Crippen LogP contribution in [0.15, 0.2) is 42.7 Å². The second-order valence-corrected chi connectivity index (χ2v) is 6.44. The summed E-state index contributed by atoms with van der Waals surface area (Å²) in [5, 5.41) is 12.7. The van der Waals surface area contributed by atoms with E-state index in [0.29, 0.717) is 6.04 Å². The predicted molar refractivity (Wildman–Crippen MR) is 95.9 cm³/mol. The number of rotatable bonds is 6. The van der Waals surface area contributed by atoms with Crippen molar-refractivity contribution in [2.24, 2.45) is 7.05 Å². The van der Waals surface area contributed by atoms with Gasteiger partial charge in [0.2, 0.25) is 0 Å². The Bertz CT molecular complexity index is 736. The highest BCUT2D eigenvalue weighted by Crippen LogP contribution is 2.32. The average Bonchev–Trinajstić information content (AvgIpc) is 3.27. The van der Waals surface area contributed by atoms with Crippen molar-refractivity contribution in [3.8, 4) is 0 Å². The summed E-state index contributed by atoms with van der Waals surface area (Å²) in [5.74, 6) is -0.526. The number of likely N-dealkylation sites (tertiary alicyclic amines) is 1. The minimum absolute atomic E-state index is 0.454. The van der Waals surface area contributed by atoms with E-state index in [1.807, 2.05) is 30.1 Å². The van der Waals surface area contributed by atoms with Gasteiger partial charge in [-0.25, -0.2) is 5.48 Å². The van der Waals surface area contributed by atoms with Crippen molar-refractivity contribution in [3.05, 3.63) is 59.4 Å². The van der Waals surface area contributed by atoms with Crippen LogP contribution in [0.1, 0.15) is 35.6 Å². The molecule has 0 bridgehead atoms. The normalized spacial score (nSPS) is 18.1. The molecule has 0 aliphatic carbocycles. The molecule has 6 heteroatoms. The highest BCUT2D eigenvalue weighted by atomic mass is 16.5. The highest BCUT2D eigenvalue weighted by molar-refractivity contribution is 5.90. The number of hydrogen-bond donors (Lipinski definition) is 2. The molecular formula is C19H24N4O2. The SMILES string of the molecule is Cn1cc(CCN2CCC[C@H]2c2ccc(/C=C/C(=O)NO)cc2)cn1. The van der Waals surface area contributed by atoms with Crippen molar-refractivity contribution in [1.29, 1.82) is 0 Å². The molecule has 25 heavy (non-hydrogen) atoms. The maximum Gasteiger partial charge on any atom is 0.267 e. The highest BCUT2D eigenvalue weighted by Gasteiger charge is 2.25. The standard InChI is InChI=1S/C19H24N4O2/c1-22-14-16(13-20-22)10-12-23-11-2-3-18(23)17-7-4-15(5-8-17)6-9-19(24)21-25/h4-9,13-14,18,25H,2-3,10-12H2,1H3,(H,21,24)/b9-6+/t18-/m0/s1. The monoisotopic (exact) mass is 340 g/mol. The Morgan fingerprint density at radius 3 is 2.88 bits per heavy atom. The molecule has 1 aliphatic rings. The minimum Gasteiger partial charge on any atom is -0.296 e. The van der Waals surface area contributed by atoms with E-state index in [-0.39, 0.29) is 0 Å². The van der Waals surface area contributed by atoms with Gasteiger partial charge in [0.15, 0.2) is 0 Å². The van der Waals surface area contributed by atoms with Gasteiger partial charge >= 0.3 is 0 Å². The largest absolute Gasteiger partial charge is 0.296 e. The zero-order valence-electron chi connectivity index (χ0n) is 14.4. The van der Waals surface area contributed by atoms with Crippen molar-refractivity contribution < 1.29 is 10.0 Å². The van der Waals surface area contributed by atoms with Crippen molar-refractivity contribution in [3.63, 3.8) is 0 Å². The fraction of sp³-hybridized carbons (Fsp3) is 0.368. The van der Waals surface area contributed by atoms with Gasteiger partial charge in [0, 0.05) is 31.9 Å². The number of hydrogen-bond acceptors (Lipinski definition) is 4. The van der Waals surface area contributed by atoms with E-state index in [9.17, 15) is 4.79 Å². The quantitative estimate of drug-likeness (QED) is 0.481. The summed E-state index contributed by atoms with van der Waals surface area (Å²) in [5.41, 5.74) is 5.11. The number of nitrogens with zero attached hydrogens (tertiary/aromatic N) is 3. The second-order valence-electron chi connectivity index (χ2n) is 6.44. The molecule has 3 rings (SSSR count). The topological polar surface area (TPSA) is 70.4 Å². The second kappa shape index (κ2) is 8.09. The Balaban J connectivity index is 1.61. The first-order valence-corrected chi connectivity index (χ1v) is 8.59. The molecule has 132 valence electrons. The summed E-state index contributed by atoms with van der Waals surface area (Å²) < 4.78 is 1.85. The van der Waals surface area contributed by atoms with Crippen molar-refractivity contribution in [1.82, 2.24) is 20.2 Å². The molecule has 2 N–H and O–H groups in total. The number of carbonyl (C=O) groups is 1. The van der Waals surface area contributed by atoms with Crippen LogP contribution in [-0.4, -0.2) is 38.9 Å². The fourth-order valence-electron chi connectivity index (χ4n) is 3.38. The number of carbonyl (C=O) groups excluding carboxylic acids is 1. The van der Waals surface area contributed by atoms with E-state index < -0.39 is 5.91 Å². The first-order valence-electron chi connectivity index (χ1n) is 8.59. The van der Waals surface area contributed by atoms with Crippen LogP contribution in [-0.2, 0) is 18.3 Å². The number of aryl methyl sites for hydroxylation is 1. The van der Waals surface area contributed by atoms with Gasteiger partial charge in [-0.2, -0.15) is 5.10 Å². The van der Waals surface area contributed by atoms with Gasteiger partial charge in [-0.15, -0.1) is 0 Å². The number of aromatic nitrogens is 2. The average molecular weight is 340 g/mol. The lowest BCUT2D eigenvalue weighted by molar-refractivity contribution is -0.124. The molecular weight excluding hydrogens is 316 g/mol. The van der Waals surface area contributed by atoms with Gasteiger partial charge in [-0.1, -0.05) is 24.3 Å². The molecule has 1 fully saturated rings. The molecule has 2 heterocycles. The molecule has 6 nitrogen and oxygen atoms in total. The van der Waals surface area contributed by atoms with Crippen LogP contribution in [0.5, 0.6) is 0 Å². The van der Waals surface area contributed by atoms with E-state index in [1.165, 1.54) is 30.0 Å². The Labute approximate surface area is 147 Å². The lowest BCUT2D eigenvalue weighted by atomic mass is 10.0. The third-order valence-corrected chi connectivity index (χ3v) is 4.67. The summed E-state index contributed by atoms with van der Waals surface area (Å²) in [4.78, 5) is 13.6. The van der Waals surface area contributed by atoms with E-state index in [4.69, 9.17) is 5.21 Å². The molecule has 0 radical (unpaired) electrons. The van der Waals surface area contributed by atoms with E-state index in [1.54, 1.807) is 11.6 Å². The van der Waals surface area contributed by atoms with E-state index in [0.717, 1.165) is 25.1 Å². The van der Waals surface area contributed by atoms with Gasteiger partial charge < -0.3 is 0 Å². The first kappa shape index (κ1) is 17.4. The number of hydroxylamine groups is 1. The van der Waals surface area contributed by atoms with Gasteiger partial charge in [0.25, 0.3) is 5.91 Å². The van der Waals surface area contributed by atoms with Crippen LogP contribution in [0, 0.1) is 0 Å².